The maximum absolute atomic E-state index is 12.5. The summed E-state index contributed by atoms with van der Waals surface area (Å²) >= 11 is 12.0. The molecule has 0 radical (unpaired) electrons. The van der Waals surface area contributed by atoms with E-state index in [2.05, 4.69) is 11.9 Å². The van der Waals surface area contributed by atoms with Gasteiger partial charge in [0, 0.05) is 12.1 Å². The van der Waals surface area contributed by atoms with Gasteiger partial charge in [0.2, 0.25) is 0 Å². The van der Waals surface area contributed by atoms with Crippen LogP contribution >= 0.6 is 23.2 Å². The lowest BCUT2D eigenvalue weighted by Gasteiger charge is -2.33. The van der Waals surface area contributed by atoms with Crippen molar-refractivity contribution in [1.29, 1.82) is 0 Å². The first kappa shape index (κ1) is 20.8. The Labute approximate surface area is 154 Å². The number of carbonyl (C=O) groups excluding carboxylic acids is 1. The topological polar surface area (TPSA) is 42.4 Å². The Balaban J connectivity index is 0.00000139. The van der Waals surface area contributed by atoms with Crippen LogP contribution in [0.1, 0.15) is 53.5 Å². The SMILES string of the molecule is CC.CC1C=C(c2cc(Cl)nc(Cl)c2)N(C(=O)OC(C)(C)C)CC1. The van der Waals surface area contributed by atoms with Gasteiger partial charge in [-0.2, -0.15) is 0 Å². The summed E-state index contributed by atoms with van der Waals surface area (Å²) in [4.78, 5) is 18.0. The first-order chi connectivity index (χ1) is 11.2. The van der Waals surface area contributed by atoms with E-state index in [1.54, 1.807) is 17.0 Å². The molecule has 24 heavy (non-hydrogen) atoms. The van der Waals surface area contributed by atoms with Gasteiger partial charge in [-0.25, -0.2) is 9.78 Å². The van der Waals surface area contributed by atoms with E-state index in [-0.39, 0.29) is 6.09 Å². The Morgan fingerprint density at radius 3 is 2.29 bits per heavy atom. The van der Waals surface area contributed by atoms with Gasteiger partial charge in [0.05, 0.1) is 5.70 Å². The number of hydrogen-bond donors (Lipinski definition) is 0. The zero-order chi connectivity index (χ0) is 18.5. The number of halogens is 2. The highest BCUT2D eigenvalue weighted by Crippen LogP contribution is 2.31. The van der Waals surface area contributed by atoms with Gasteiger partial charge in [-0.1, -0.05) is 50.0 Å². The molecule has 2 rings (SSSR count). The number of hydrogen-bond acceptors (Lipinski definition) is 3. The van der Waals surface area contributed by atoms with Crippen molar-refractivity contribution in [3.05, 3.63) is 34.1 Å². The molecule has 4 nitrogen and oxygen atoms in total. The van der Waals surface area contributed by atoms with Crippen LogP contribution in [0.3, 0.4) is 0 Å². The molecule has 0 saturated carbocycles. The van der Waals surface area contributed by atoms with Crippen molar-refractivity contribution in [3.63, 3.8) is 0 Å². The van der Waals surface area contributed by atoms with Gasteiger partial charge in [-0.3, -0.25) is 4.90 Å². The molecule has 134 valence electrons. The number of amides is 1. The number of rotatable bonds is 1. The first-order valence-corrected chi connectivity index (χ1v) is 8.97. The molecule has 6 heteroatoms. The highest BCUT2D eigenvalue weighted by atomic mass is 35.5. The maximum Gasteiger partial charge on any atom is 0.414 e. The normalized spacial score (nSPS) is 17.6. The standard InChI is InChI=1S/C16H20Cl2N2O2.C2H6/c1-10-5-6-20(15(21)22-16(2,3)4)12(7-10)11-8-13(17)19-14(18)9-11;1-2/h7-10H,5-6H2,1-4H3;1-2H3. The third kappa shape index (κ3) is 5.99. The summed E-state index contributed by atoms with van der Waals surface area (Å²) in [6.07, 6.45) is 2.56. The molecule has 0 aliphatic carbocycles. The smallest absolute Gasteiger partial charge is 0.414 e. The lowest BCUT2D eigenvalue weighted by Crippen LogP contribution is -2.38. The van der Waals surface area contributed by atoms with Crippen LogP contribution in [-0.2, 0) is 4.74 Å². The number of carbonyl (C=O) groups is 1. The molecule has 1 unspecified atom stereocenters. The van der Waals surface area contributed by atoms with Crippen molar-refractivity contribution in [1.82, 2.24) is 9.88 Å². The van der Waals surface area contributed by atoms with Crippen LogP contribution < -0.4 is 0 Å². The maximum atomic E-state index is 12.5. The van der Waals surface area contributed by atoms with Crippen molar-refractivity contribution in [2.75, 3.05) is 6.54 Å². The van der Waals surface area contributed by atoms with Crippen LogP contribution in [0.25, 0.3) is 5.70 Å². The zero-order valence-corrected chi connectivity index (χ0v) is 16.7. The van der Waals surface area contributed by atoms with E-state index < -0.39 is 5.60 Å². The van der Waals surface area contributed by atoms with Gasteiger partial charge in [-0.15, -0.1) is 0 Å². The summed E-state index contributed by atoms with van der Waals surface area (Å²) in [5, 5.41) is 0.594. The molecule has 0 spiro atoms. The quantitative estimate of drug-likeness (QED) is 0.564. The summed E-state index contributed by atoms with van der Waals surface area (Å²) in [5.41, 5.74) is 0.986. The molecule has 1 amide bonds. The molecule has 1 atom stereocenters. The van der Waals surface area contributed by atoms with Crippen LogP contribution in [-0.4, -0.2) is 28.1 Å². The highest BCUT2D eigenvalue weighted by molar-refractivity contribution is 6.32. The number of pyridine rings is 1. The van der Waals surface area contributed by atoms with E-state index in [1.807, 2.05) is 40.7 Å². The Bertz CT molecular complexity index is 589. The van der Waals surface area contributed by atoms with Gasteiger partial charge in [-0.05, 0) is 45.2 Å². The van der Waals surface area contributed by atoms with E-state index >= 15 is 0 Å². The molecule has 2 heterocycles. The fourth-order valence-corrected chi connectivity index (χ4v) is 2.73. The van der Waals surface area contributed by atoms with Crippen molar-refractivity contribution < 1.29 is 9.53 Å². The Hall–Kier alpha value is -1.26. The summed E-state index contributed by atoms with van der Waals surface area (Å²) in [6, 6.07) is 3.41. The number of nitrogens with zero attached hydrogens (tertiary/aromatic N) is 2. The monoisotopic (exact) mass is 372 g/mol. The van der Waals surface area contributed by atoms with Gasteiger partial charge in [0.25, 0.3) is 0 Å². The fourth-order valence-electron chi connectivity index (χ4n) is 2.27. The van der Waals surface area contributed by atoms with Crippen LogP contribution in [0.15, 0.2) is 18.2 Å². The molecule has 0 bridgehead atoms. The fraction of sp³-hybridized carbons (Fsp3) is 0.556. The molecule has 0 saturated heterocycles. The average Bonchev–Trinajstić information content (AvgIpc) is 2.46. The summed E-state index contributed by atoms with van der Waals surface area (Å²) in [5.74, 6) is 0.361. The van der Waals surface area contributed by atoms with Gasteiger partial charge in [0.15, 0.2) is 0 Å². The molecule has 0 fully saturated rings. The second-order valence-corrected chi connectivity index (χ2v) is 7.23. The molecule has 1 aromatic rings. The lowest BCUT2D eigenvalue weighted by molar-refractivity contribution is 0.0341. The lowest BCUT2D eigenvalue weighted by atomic mass is 9.98. The summed E-state index contributed by atoms with van der Waals surface area (Å²) in [6.45, 7) is 12.2. The Morgan fingerprint density at radius 1 is 1.25 bits per heavy atom. The Morgan fingerprint density at radius 2 is 1.79 bits per heavy atom. The van der Waals surface area contributed by atoms with Gasteiger partial charge in [0.1, 0.15) is 15.9 Å². The van der Waals surface area contributed by atoms with Gasteiger partial charge >= 0.3 is 6.09 Å². The predicted octanol–water partition coefficient (Wildman–Crippen LogP) is 6.03. The van der Waals surface area contributed by atoms with Gasteiger partial charge < -0.3 is 4.74 Å². The van der Waals surface area contributed by atoms with Crippen molar-refractivity contribution in [2.24, 2.45) is 5.92 Å². The van der Waals surface area contributed by atoms with Crippen LogP contribution in [0, 0.1) is 5.92 Å². The third-order valence-electron chi connectivity index (χ3n) is 3.21. The highest BCUT2D eigenvalue weighted by Gasteiger charge is 2.29. The van der Waals surface area contributed by atoms with E-state index in [0.717, 1.165) is 17.7 Å². The first-order valence-electron chi connectivity index (χ1n) is 8.21. The number of aromatic nitrogens is 1. The minimum atomic E-state index is -0.543. The summed E-state index contributed by atoms with van der Waals surface area (Å²) in [7, 11) is 0. The zero-order valence-electron chi connectivity index (χ0n) is 15.2. The van der Waals surface area contributed by atoms with Crippen molar-refractivity contribution in [2.45, 2.75) is 53.6 Å². The molecular formula is C18H26Cl2N2O2. The molecule has 1 aromatic heterocycles. The van der Waals surface area contributed by atoms with E-state index in [1.165, 1.54) is 0 Å². The minimum Gasteiger partial charge on any atom is -0.443 e. The number of ether oxygens (including phenoxy) is 1. The average molecular weight is 373 g/mol. The van der Waals surface area contributed by atoms with Crippen LogP contribution in [0.2, 0.25) is 10.3 Å². The second kappa shape index (κ2) is 8.72. The van der Waals surface area contributed by atoms with E-state index in [4.69, 9.17) is 27.9 Å². The van der Waals surface area contributed by atoms with Crippen molar-refractivity contribution in [3.8, 4) is 0 Å². The third-order valence-corrected chi connectivity index (χ3v) is 3.60. The van der Waals surface area contributed by atoms with E-state index in [9.17, 15) is 4.79 Å². The molecular weight excluding hydrogens is 347 g/mol. The van der Waals surface area contributed by atoms with E-state index in [0.29, 0.717) is 22.8 Å². The molecule has 0 aromatic carbocycles. The predicted molar refractivity (Wildman–Crippen MR) is 100 cm³/mol. The largest absolute Gasteiger partial charge is 0.443 e. The van der Waals surface area contributed by atoms with Crippen molar-refractivity contribution >= 4 is 35.0 Å². The molecule has 0 N–H and O–H groups in total. The number of allylic oxidation sites excluding steroid dienone is 1. The molecule has 1 aliphatic heterocycles. The Kier molecular flexibility index (Phi) is 7.56. The van der Waals surface area contributed by atoms with Crippen LogP contribution in [0.5, 0.6) is 0 Å². The second-order valence-electron chi connectivity index (χ2n) is 6.45. The molecule has 1 aliphatic rings. The minimum absolute atomic E-state index is 0.297. The van der Waals surface area contributed by atoms with Crippen LogP contribution in [0.4, 0.5) is 4.79 Å². The summed E-state index contributed by atoms with van der Waals surface area (Å²) < 4.78 is 5.49.